The van der Waals surface area contributed by atoms with Crippen LogP contribution in [0.2, 0.25) is 0 Å². The highest BCUT2D eigenvalue weighted by atomic mass is 32.2. The molecule has 0 radical (unpaired) electrons. The van der Waals surface area contributed by atoms with Crippen LogP contribution >= 0.6 is 0 Å². The van der Waals surface area contributed by atoms with Gasteiger partial charge in [-0.3, -0.25) is 4.98 Å². The molecule has 4 heteroatoms. The molecule has 2 atom stereocenters. The number of hydrogen-bond acceptors (Lipinski definition) is 2. The summed E-state index contributed by atoms with van der Waals surface area (Å²) in [7, 11) is -1.33. The molecule has 0 aromatic carbocycles. The SMILES string of the molecule is C=C(C=CCc1nc(C)ccc1C)NS(=O)C1C#C/C=C(/CCC)C/C=C\1.CC. The van der Waals surface area contributed by atoms with E-state index in [9.17, 15) is 4.21 Å². The third kappa shape index (κ3) is 9.11. The lowest BCUT2D eigenvalue weighted by atomic mass is 10.1. The molecular weight excluding hydrogens is 376 g/mol. The number of allylic oxidation sites excluding steroid dienone is 5. The van der Waals surface area contributed by atoms with Gasteiger partial charge in [0.2, 0.25) is 0 Å². The normalized spacial score (nSPS) is 19.3. The Balaban J connectivity index is 0.00000204. The maximum Gasteiger partial charge on any atom is 0.136 e. The number of rotatable bonds is 8. The van der Waals surface area contributed by atoms with E-state index < -0.39 is 11.0 Å². The van der Waals surface area contributed by atoms with Crippen molar-refractivity contribution in [1.82, 2.24) is 9.71 Å². The summed E-state index contributed by atoms with van der Waals surface area (Å²) >= 11 is 0. The van der Waals surface area contributed by atoms with Gasteiger partial charge >= 0.3 is 0 Å². The summed E-state index contributed by atoms with van der Waals surface area (Å²) in [4.78, 5) is 4.55. The first kappa shape index (κ1) is 24.7. The lowest BCUT2D eigenvalue weighted by Gasteiger charge is -2.10. The number of aryl methyl sites for hydroxylation is 2. The third-order valence-electron chi connectivity index (χ3n) is 4.20. The minimum Gasteiger partial charge on any atom is -0.305 e. The van der Waals surface area contributed by atoms with Crippen molar-refractivity contribution in [3.05, 3.63) is 77.3 Å². The zero-order chi connectivity index (χ0) is 21.6. The van der Waals surface area contributed by atoms with Gasteiger partial charge in [-0.1, -0.05) is 75.5 Å². The van der Waals surface area contributed by atoms with Gasteiger partial charge in [-0.15, -0.1) is 0 Å². The van der Waals surface area contributed by atoms with E-state index in [1.165, 1.54) is 5.57 Å². The predicted molar refractivity (Wildman–Crippen MR) is 127 cm³/mol. The molecule has 0 aliphatic heterocycles. The van der Waals surface area contributed by atoms with Crippen molar-refractivity contribution in [1.29, 1.82) is 0 Å². The lowest BCUT2D eigenvalue weighted by Crippen LogP contribution is -2.24. The second-order valence-corrected chi connectivity index (χ2v) is 7.95. The number of nitrogens with zero attached hydrogens (tertiary/aromatic N) is 1. The molecule has 1 aromatic rings. The first-order valence-corrected chi connectivity index (χ1v) is 11.5. The Morgan fingerprint density at radius 1 is 1.38 bits per heavy atom. The van der Waals surface area contributed by atoms with E-state index in [0.717, 1.165) is 42.6 Å². The van der Waals surface area contributed by atoms with Gasteiger partial charge in [0.05, 0.1) is 0 Å². The predicted octanol–water partition coefficient (Wildman–Crippen LogP) is 5.65. The molecule has 2 rings (SSSR count). The van der Waals surface area contributed by atoms with Gasteiger partial charge in [0.25, 0.3) is 0 Å². The minimum atomic E-state index is -1.33. The fourth-order valence-electron chi connectivity index (χ4n) is 2.72. The average molecular weight is 411 g/mol. The summed E-state index contributed by atoms with van der Waals surface area (Å²) in [6.45, 7) is 14.1. The second-order valence-electron chi connectivity index (χ2n) is 6.64. The lowest BCUT2D eigenvalue weighted by molar-refractivity contribution is 0.678. The third-order valence-corrected chi connectivity index (χ3v) is 5.40. The first-order chi connectivity index (χ1) is 14.0. The van der Waals surface area contributed by atoms with Crippen LogP contribution in [-0.2, 0) is 17.4 Å². The molecule has 0 bridgehead atoms. The summed E-state index contributed by atoms with van der Waals surface area (Å²) in [5.74, 6) is 6.11. The summed E-state index contributed by atoms with van der Waals surface area (Å²) in [6.07, 6.45) is 13.5. The van der Waals surface area contributed by atoms with Gasteiger partial charge in [-0.25, -0.2) is 4.21 Å². The average Bonchev–Trinajstić information content (AvgIpc) is 2.68. The summed E-state index contributed by atoms with van der Waals surface area (Å²) < 4.78 is 15.5. The molecule has 1 aromatic heterocycles. The van der Waals surface area contributed by atoms with E-state index in [2.05, 4.69) is 54.1 Å². The maximum absolute atomic E-state index is 12.5. The molecule has 0 spiro atoms. The second kappa shape index (κ2) is 13.7. The monoisotopic (exact) mass is 410 g/mol. The number of nitrogens with one attached hydrogen (secondary N) is 1. The van der Waals surface area contributed by atoms with Crippen molar-refractivity contribution in [3.8, 4) is 11.8 Å². The van der Waals surface area contributed by atoms with Crippen molar-refractivity contribution in [2.75, 3.05) is 0 Å². The molecule has 0 saturated carbocycles. The minimum absolute atomic E-state index is 0.338. The molecule has 1 aliphatic carbocycles. The van der Waals surface area contributed by atoms with Crippen LogP contribution in [0.25, 0.3) is 0 Å². The molecule has 29 heavy (non-hydrogen) atoms. The van der Waals surface area contributed by atoms with E-state index in [1.54, 1.807) is 0 Å². The first-order valence-electron chi connectivity index (χ1n) is 10.3. The van der Waals surface area contributed by atoms with Crippen molar-refractivity contribution in [2.45, 2.75) is 65.6 Å². The van der Waals surface area contributed by atoms with E-state index in [1.807, 2.05) is 51.1 Å². The van der Waals surface area contributed by atoms with E-state index in [0.29, 0.717) is 5.70 Å². The van der Waals surface area contributed by atoms with Crippen LogP contribution in [0.5, 0.6) is 0 Å². The Labute approximate surface area is 179 Å². The fraction of sp³-hybridized carbons (Fsp3) is 0.400. The summed E-state index contributed by atoms with van der Waals surface area (Å²) in [6, 6.07) is 4.09. The molecule has 0 fully saturated rings. The molecule has 2 unspecified atom stereocenters. The van der Waals surface area contributed by atoms with Gasteiger partial charge in [0.1, 0.15) is 16.2 Å². The maximum atomic E-state index is 12.5. The van der Waals surface area contributed by atoms with Crippen LogP contribution in [0, 0.1) is 25.7 Å². The molecule has 1 aliphatic rings. The Morgan fingerprint density at radius 2 is 2.14 bits per heavy atom. The fourth-order valence-corrected chi connectivity index (χ4v) is 3.60. The van der Waals surface area contributed by atoms with Crippen LogP contribution < -0.4 is 4.72 Å². The van der Waals surface area contributed by atoms with Crippen molar-refractivity contribution >= 4 is 11.0 Å². The number of pyridine rings is 1. The summed E-state index contributed by atoms with van der Waals surface area (Å²) in [5.41, 5.74) is 5.15. The van der Waals surface area contributed by atoms with Crippen LogP contribution in [-0.4, -0.2) is 14.4 Å². The van der Waals surface area contributed by atoms with Gasteiger partial charge in [0, 0.05) is 23.5 Å². The molecule has 1 heterocycles. The zero-order valence-corrected chi connectivity index (χ0v) is 19.2. The molecule has 1 N–H and O–H groups in total. The zero-order valence-electron chi connectivity index (χ0n) is 18.4. The Kier molecular flexibility index (Phi) is 11.7. The molecule has 0 amide bonds. The molecule has 0 saturated heterocycles. The van der Waals surface area contributed by atoms with E-state index in [4.69, 9.17) is 0 Å². The van der Waals surface area contributed by atoms with Crippen molar-refractivity contribution < 1.29 is 4.21 Å². The molecular formula is C25H34N2OS. The van der Waals surface area contributed by atoms with Crippen LogP contribution in [0.1, 0.15) is 57.0 Å². The topological polar surface area (TPSA) is 42.0 Å². The number of hydrogen-bond donors (Lipinski definition) is 1. The Hall–Kier alpha value is -2.38. The van der Waals surface area contributed by atoms with E-state index >= 15 is 0 Å². The van der Waals surface area contributed by atoms with Gasteiger partial charge < -0.3 is 4.72 Å². The van der Waals surface area contributed by atoms with Gasteiger partial charge in [0.15, 0.2) is 0 Å². The molecule has 3 nitrogen and oxygen atoms in total. The summed E-state index contributed by atoms with van der Waals surface area (Å²) in [5, 5.41) is -0.338. The van der Waals surface area contributed by atoms with Crippen molar-refractivity contribution in [2.24, 2.45) is 0 Å². The van der Waals surface area contributed by atoms with Crippen LogP contribution in [0.15, 0.2) is 60.4 Å². The van der Waals surface area contributed by atoms with Gasteiger partial charge in [-0.05, 0) is 50.5 Å². The largest absolute Gasteiger partial charge is 0.305 e. The quantitative estimate of drug-likeness (QED) is 0.342. The molecule has 156 valence electrons. The highest BCUT2D eigenvalue weighted by Crippen LogP contribution is 2.13. The Bertz CT molecular complexity index is 853. The Morgan fingerprint density at radius 3 is 2.86 bits per heavy atom. The van der Waals surface area contributed by atoms with E-state index in [-0.39, 0.29) is 5.25 Å². The van der Waals surface area contributed by atoms with Gasteiger partial charge in [-0.2, -0.15) is 0 Å². The van der Waals surface area contributed by atoms with Crippen LogP contribution in [0.4, 0.5) is 0 Å². The standard InChI is InChI=1S/C23H28N2OS.C2H6/c1-5-9-21-11-7-13-22(14-8-12-21)27(26)25-20(4)10-6-15-23-18(2)16-17-19(3)24-23;1-2/h6-7,10,12-13,16-17,22,25H,4-5,9,11,15H2,1-3H3;1-2H3/b10-6?,13-7-,21-12-;. The highest BCUT2D eigenvalue weighted by Gasteiger charge is 2.11. The highest BCUT2D eigenvalue weighted by molar-refractivity contribution is 7.84. The smallest absolute Gasteiger partial charge is 0.136 e. The van der Waals surface area contributed by atoms with Crippen LogP contribution in [0.3, 0.4) is 0 Å². The van der Waals surface area contributed by atoms with Crippen molar-refractivity contribution in [3.63, 3.8) is 0 Å². The number of aromatic nitrogens is 1.